The fraction of sp³-hybridized carbons (Fsp3) is 0.348. The van der Waals surface area contributed by atoms with E-state index in [0.29, 0.717) is 21.7 Å². The summed E-state index contributed by atoms with van der Waals surface area (Å²) in [6.45, 7) is 10.3. The molecule has 0 fully saturated rings. The highest BCUT2D eigenvalue weighted by molar-refractivity contribution is 8.00. The lowest BCUT2D eigenvalue weighted by Gasteiger charge is -2.19. The number of amides is 1. The second-order valence-electron chi connectivity index (χ2n) is 8.54. The number of thioether (sulfide) groups is 1. The van der Waals surface area contributed by atoms with Crippen molar-refractivity contribution < 1.29 is 9.53 Å². The molecule has 170 valence electrons. The van der Waals surface area contributed by atoms with Crippen LogP contribution in [0.4, 0.5) is 5.69 Å². The van der Waals surface area contributed by atoms with Crippen LogP contribution in [0.15, 0.2) is 47.6 Å². The van der Waals surface area contributed by atoms with Gasteiger partial charge in [0.15, 0.2) is 5.82 Å². The predicted octanol–water partition coefficient (Wildman–Crippen LogP) is 4.95. The van der Waals surface area contributed by atoms with E-state index in [1.165, 1.54) is 22.0 Å². The van der Waals surface area contributed by atoms with E-state index < -0.39 is 5.25 Å². The van der Waals surface area contributed by atoms with Gasteiger partial charge in [-0.3, -0.25) is 4.79 Å². The topological polar surface area (TPSA) is 95.1 Å². The zero-order valence-corrected chi connectivity index (χ0v) is 20.4. The maximum Gasteiger partial charge on any atom is 0.237 e. The second-order valence-corrected chi connectivity index (χ2v) is 10.3. The van der Waals surface area contributed by atoms with Crippen LogP contribution in [0.3, 0.4) is 0 Å². The number of hydrogen-bond donors (Lipinski definition) is 2. The molecule has 0 radical (unpaired) electrons. The predicted molar refractivity (Wildman–Crippen MR) is 130 cm³/mol. The van der Waals surface area contributed by atoms with Crippen molar-refractivity contribution in [1.82, 2.24) is 14.9 Å². The Kier molecular flexibility index (Phi) is 7.36. The van der Waals surface area contributed by atoms with E-state index in [2.05, 4.69) is 36.3 Å². The first-order valence-electron chi connectivity index (χ1n) is 10.2. The highest BCUT2D eigenvalue weighted by Gasteiger charge is 2.20. The number of carbonyl (C=O) groups excluding carboxylic acids is 1. The Morgan fingerprint density at radius 2 is 1.91 bits per heavy atom. The van der Waals surface area contributed by atoms with Crippen molar-refractivity contribution in [2.45, 2.75) is 57.0 Å². The molecule has 1 atom stereocenters. The molecule has 0 saturated heterocycles. The molecule has 1 unspecified atom stereocenters. The number of nitrogen functional groups attached to an aromatic ring is 1. The molecule has 2 aromatic carbocycles. The van der Waals surface area contributed by atoms with E-state index in [4.69, 9.17) is 22.2 Å². The van der Waals surface area contributed by atoms with Crippen LogP contribution in [0.25, 0.3) is 0 Å². The standard InChI is InChI=1S/C23H28ClN5O2S/c1-14-6-9-17(24)12-19(14)26-21(30)15(2)32-22-28-27-20(29(22)25)13-31-18-10-7-16(8-11-18)23(3,4)5/h6-12,15H,13,25H2,1-5H3,(H,26,30). The summed E-state index contributed by atoms with van der Waals surface area (Å²) in [5.41, 5.74) is 2.91. The summed E-state index contributed by atoms with van der Waals surface area (Å²) in [6.07, 6.45) is 0. The van der Waals surface area contributed by atoms with Gasteiger partial charge in [-0.05, 0) is 54.7 Å². The quantitative estimate of drug-likeness (QED) is 0.372. The third-order valence-electron chi connectivity index (χ3n) is 4.93. The van der Waals surface area contributed by atoms with Gasteiger partial charge in [0.2, 0.25) is 11.1 Å². The van der Waals surface area contributed by atoms with Crippen molar-refractivity contribution >= 4 is 35.0 Å². The Morgan fingerprint density at radius 3 is 2.56 bits per heavy atom. The molecule has 3 aromatic rings. The Balaban J connectivity index is 1.59. The normalized spacial score (nSPS) is 12.4. The van der Waals surface area contributed by atoms with Crippen molar-refractivity contribution in [2.75, 3.05) is 11.2 Å². The zero-order chi connectivity index (χ0) is 23.5. The minimum Gasteiger partial charge on any atom is -0.486 e. The van der Waals surface area contributed by atoms with Gasteiger partial charge in [0, 0.05) is 10.7 Å². The summed E-state index contributed by atoms with van der Waals surface area (Å²) < 4.78 is 7.16. The van der Waals surface area contributed by atoms with E-state index in [1.54, 1.807) is 19.1 Å². The first-order chi connectivity index (χ1) is 15.0. The number of aryl methyl sites for hydroxylation is 1. The van der Waals surface area contributed by atoms with Crippen LogP contribution in [0.2, 0.25) is 5.02 Å². The van der Waals surface area contributed by atoms with Gasteiger partial charge < -0.3 is 15.9 Å². The van der Waals surface area contributed by atoms with Crippen LogP contribution in [0.5, 0.6) is 5.75 Å². The number of nitrogens with one attached hydrogen (secondary N) is 1. The fourth-order valence-electron chi connectivity index (χ4n) is 2.86. The number of nitrogens with zero attached hydrogens (tertiary/aromatic N) is 3. The molecule has 32 heavy (non-hydrogen) atoms. The van der Waals surface area contributed by atoms with Gasteiger partial charge in [0.25, 0.3) is 0 Å². The molecule has 0 aliphatic heterocycles. The number of halogens is 1. The summed E-state index contributed by atoms with van der Waals surface area (Å²) in [7, 11) is 0. The van der Waals surface area contributed by atoms with Gasteiger partial charge in [0.1, 0.15) is 12.4 Å². The number of aromatic nitrogens is 3. The van der Waals surface area contributed by atoms with Crippen LogP contribution in [0.1, 0.15) is 44.6 Å². The molecule has 3 rings (SSSR count). The van der Waals surface area contributed by atoms with Gasteiger partial charge in [-0.25, -0.2) is 4.68 Å². The van der Waals surface area contributed by atoms with E-state index in [0.717, 1.165) is 11.3 Å². The molecule has 0 saturated carbocycles. The minimum atomic E-state index is -0.446. The van der Waals surface area contributed by atoms with E-state index in [1.807, 2.05) is 37.3 Å². The molecule has 0 aliphatic carbocycles. The van der Waals surface area contributed by atoms with Gasteiger partial charge in [-0.15, -0.1) is 10.2 Å². The maximum atomic E-state index is 12.6. The third kappa shape index (κ3) is 5.95. The highest BCUT2D eigenvalue weighted by atomic mass is 35.5. The zero-order valence-electron chi connectivity index (χ0n) is 18.8. The van der Waals surface area contributed by atoms with Crippen LogP contribution >= 0.6 is 23.4 Å². The Morgan fingerprint density at radius 1 is 1.22 bits per heavy atom. The molecular weight excluding hydrogens is 446 g/mol. The summed E-state index contributed by atoms with van der Waals surface area (Å²) in [6, 6.07) is 13.3. The first kappa shape index (κ1) is 23.9. The van der Waals surface area contributed by atoms with Crippen molar-refractivity contribution in [3.63, 3.8) is 0 Å². The molecular formula is C23H28ClN5O2S. The lowest BCUT2D eigenvalue weighted by atomic mass is 9.87. The van der Waals surface area contributed by atoms with Crippen LogP contribution in [-0.4, -0.2) is 26.0 Å². The molecule has 1 amide bonds. The van der Waals surface area contributed by atoms with E-state index in [-0.39, 0.29) is 17.9 Å². The Bertz CT molecular complexity index is 1090. The average molecular weight is 474 g/mol. The Hall–Kier alpha value is -2.71. The largest absolute Gasteiger partial charge is 0.486 e. The van der Waals surface area contributed by atoms with E-state index >= 15 is 0 Å². The molecule has 1 heterocycles. The van der Waals surface area contributed by atoms with Gasteiger partial charge >= 0.3 is 0 Å². The van der Waals surface area contributed by atoms with Gasteiger partial charge in [0.05, 0.1) is 5.25 Å². The lowest BCUT2D eigenvalue weighted by molar-refractivity contribution is -0.115. The van der Waals surface area contributed by atoms with Crippen LogP contribution in [-0.2, 0) is 16.8 Å². The summed E-state index contributed by atoms with van der Waals surface area (Å²) in [4.78, 5) is 12.6. The number of anilines is 1. The lowest BCUT2D eigenvalue weighted by Crippen LogP contribution is -2.24. The second kappa shape index (κ2) is 9.83. The monoisotopic (exact) mass is 473 g/mol. The minimum absolute atomic E-state index is 0.0799. The van der Waals surface area contributed by atoms with Crippen LogP contribution in [0, 0.1) is 6.92 Å². The molecule has 9 heteroatoms. The molecule has 0 aliphatic rings. The fourth-order valence-corrected chi connectivity index (χ4v) is 3.82. The smallest absolute Gasteiger partial charge is 0.237 e. The number of hydrogen-bond acceptors (Lipinski definition) is 6. The summed E-state index contributed by atoms with van der Waals surface area (Å²) in [5, 5.41) is 11.6. The average Bonchev–Trinajstić information content (AvgIpc) is 3.08. The van der Waals surface area contributed by atoms with Crippen molar-refractivity contribution in [1.29, 1.82) is 0 Å². The van der Waals surface area contributed by atoms with Gasteiger partial charge in [-0.1, -0.05) is 62.3 Å². The number of rotatable bonds is 7. The number of carbonyl (C=O) groups is 1. The van der Waals surface area contributed by atoms with Crippen LogP contribution < -0.4 is 15.9 Å². The molecule has 7 nitrogen and oxygen atoms in total. The SMILES string of the molecule is Cc1ccc(Cl)cc1NC(=O)C(C)Sc1nnc(COc2ccc(C(C)(C)C)cc2)n1N. The molecule has 3 N–H and O–H groups in total. The number of nitrogens with two attached hydrogens (primary N) is 1. The first-order valence-corrected chi connectivity index (χ1v) is 11.5. The summed E-state index contributed by atoms with van der Waals surface area (Å²) in [5.74, 6) is 7.14. The van der Waals surface area contributed by atoms with Crippen molar-refractivity contribution in [3.8, 4) is 5.75 Å². The number of benzene rings is 2. The number of ether oxygens (including phenoxy) is 1. The van der Waals surface area contributed by atoms with Gasteiger partial charge in [-0.2, -0.15) is 0 Å². The molecule has 0 spiro atoms. The molecule has 0 bridgehead atoms. The Labute approximate surface area is 197 Å². The van der Waals surface area contributed by atoms with E-state index in [9.17, 15) is 4.79 Å². The molecule has 1 aromatic heterocycles. The van der Waals surface area contributed by atoms with Crippen molar-refractivity contribution in [3.05, 3.63) is 64.4 Å². The van der Waals surface area contributed by atoms with Crippen molar-refractivity contribution in [2.24, 2.45) is 0 Å². The highest BCUT2D eigenvalue weighted by Crippen LogP contribution is 2.26. The summed E-state index contributed by atoms with van der Waals surface area (Å²) >= 11 is 7.25. The maximum absolute atomic E-state index is 12.6. The third-order valence-corrected chi connectivity index (χ3v) is 6.22.